The van der Waals surface area contributed by atoms with Crippen LogP contribution in [0.15, 0.2) is 11.6 Å². The number of ether oxygens (including phenoxy) is 1. The second-order valence-electron chi connectivity index (χ2n) is 3.52. The fourth-order valence-corrected chi connectivity index (χ4v) is 1.70. The van der Waals surface area contributed by atoms with Gasteiger partial charge in [0.2, 0.25) is 0 Å². The Morgan fingerprint density at radius 3 is 2.80 bits per heavy atom. The summed E-state index contributed by atoms with van der Waals surface area (Å²) in [5.41, 5.74) is 0.668. The first-order chi connectivity index (χ1) is 4.59. The molecule has 0 unspecified atom stereocenters. The Balaban J connectivity index is 2.30. The van der Waals surface area contributed by atoms with Crippen molar-refractivity contribution in [2.75, 3.05) is 0 Å². The quantitative estimate of drug-likeness (QED) is 0.505. The average Bonchev–Trinajstić information content (AvgIpc) is 2.21. The molecule has 0 aromatic rings. The Hall–Kier alpha value is -0.340. The standard InChI is InChI=1S/C8H12O2/c1-5-3-7-8(2,9)4-6(5)10-7/h3,6-7,9H,4H2,1-2H3/t6-,7-,8-/m0/s1. The van der Waals surface area contributed by atoms with E-state index in [0.29, 0.717) is 0 Å². The molecule has 2 nitrogen and oxygen atoms in total. The fourth-order valence-electron chi connectivity index (χ4n) is 1.70. The van der Waals surface area contributed by atoms with E-state index in [9.17, 15) is 5.11 Å². The third-order valence-electron chi connectivity index (χ3n) is 2.44. The highest BCUT2D eigenvalue weighted by atomic mass is 16.5. The minimum atomic E-state index is -0.607. The summed E-state index contributed by atoms with van der Waals surface area (Å²) < 4.78 is 5.46. The van der Waals surface area contributed by atoms with Gasteiger partial charge in [-0.15, -0.1) is 0 Å². The van der Waals surface area contributed by atoms with Crippen LogP contribution < -0.4 is 0 Å². The van der Waals surface area contributed by atoms with Gasteiger partial charge in [0.25, 0.3) is 0 Å². The highest BCUT2D eigenvalue weighted by molar-refractivity contribution is 5.24. The highest BCUT2D eigenvalue weighted by Gasteiger charge is 2.47. The second kappa shape index (κ2) is 1.63. The van der Waals surface area contributed by atoms with Gasteiger partial charge in [-0.25, -0.2) is 0 Å². The summed E-state index contributed by atoms with van der Waals surface area (Å²) in [6.45, 7) is 3.89. The number of hydrogen-bond donors (Lipinski definition) is 1. The molecule has 2 heteroatoms. The minimum Gasteiger partial charge on any atom is -0.387 e. The summed E-state index contributed by atoms with van der Waals surface area (Å²) in [4.78, 5) is 0. The molecule has 10 heavy (non-hydrogen) atoms. The molecular weight excluding hydrogens is 128 g/mol. The highest BCUT2D eigenvalue weighted by Crippen LogP contribution is 2.40. The molecule has 3 atom stereocenters. The topological polar surface area (TPSA) is 29.5 Å². The maximum Gasteiger partial charge on any atom is 0.105 e. The van der Waals surface area contributed by atoms with Gasteiger partial charge >= 0.3 is 0 Å². The molecule has 2 heterocycles. The molecule has 0 spiro atoms. The predicted molar refractivity (Wildman–Crippen MR) is 37.7 cm³/mol. The van der Waals surface area contributed by atoms with Gasteiger partial charge in [0, 0.05) is 6.42 Å². The molecule has 0 saturated carbocycles. The molecule has 0 radical (unpaired) electrons. The molecule has 0 amide bonds. The van der Waals surface area contributed by atoms with Crippen molar-refractivity contribution in [3.05, 3.63) is 11.6 Å². The molecule has 1 saturated heterocycles. The van der Waals surface area contributed by atoms with Crippen molar-refractivity contribution >= 4 is 0 Å². The Morgan fingerprint density at radius 1 is 1.80 bits per heavy atom. The number of aliphatic hydroxyl groups is 1. The van der Waals surface area contributed by atoms with Crippen LogP contribution in [0.2, 0.25) is 0 Å². The van der Waals surface area contributed by atoms with Crippen LogP contribution in [0, 0.1) is 0 Å². The van der Waals surface area contributed by atoms with Crippen molar-refractivity contribution in [3.8, 4) is 0 Å². The Bertz CT molecular complexity index is 193. The molecule has 1 N–H and O–H groups in total. The summed E-state index contributed by atoms with van der Waals surface area (Å²) >= 11 is 0. The molecule has 0 aliphatic carbocycles. The SMILES string of the molecule is CC1=C[C@@H]2O[C@H]1C[C@]2(C)O. The molecule has 1 fully saturated rings. The van der Waals surface area contributed by atoms with Crippen molar-refractivity contribution in [2.24, 2.45) is 0 Å². The van der Waals surface area contributed by atoms with E-state index < -0.39 is 5.60 Å². The fraction of sp³-hybridized carbons (Fsp3) is 0.750. The molecule has 0 aromatic heterocycles. The first kappa shape index (κ1) is 6.38. The number of hydrogen-bond acceptors (Lipinski definition) is 2. The smallest absolute Gasteiger partial charge is 0.105 e. The molecule has 2 bridgehead atoms. The maximum atomic E-state index is 9.63. The van der Waals surface area contributed by atoms with Crippen LogP contribution in [0.1, 0.15) is 20.3 Å². The van der Waals surface area contributed by atoms with Crippen LogP contribution in [0.25, 0.3) is 0 Å². The van der Waals surface area contributed by atoms with Gasteiger partial charge in [-0.2, -0.15) is 0 Å². The van der Waals surface area contributed by atoms with Crippen molar-refractivity contribution in [3.63, 3.8) is 0 Å². The molecule has 0 aromatic carbocycles. The summed E-state index contributed by atoms with van der Waals surface area (Å²) in [6.07, 6.45) is 2.94. The molecule has 2 aliphatic heterocycles. The van der Waals surface area contributed by atoms with Gasteiger partial charge in [0.05, 0.1) is 11.7 Å². The predicted octanol–water partition coefficient (Wildman–Crippen LogP) is 0.855. The molecule has 2 rings (SSSR count). The summed E-state index contributed by atoms with van der Waals surface area (Å²) in [6, 6.07) is 0. The van der Waals surface area contributed by atoms with Gasteiger partial charge in [-0.05, 0) is 19.4 Å². The molecule has 2 aliphatic rings. The third kappa shape index (κ3) is 0.662. The number of rotatable bonds is 0. The summed E-state index contributed by atoms with van der Waals surface area (Å²) in [5.74, 6) is 0. The van der Waals surface area contributed by atoms with Crippen LogP contribution in [-0.4, -0.2) is 22.9 Å². The summed E-state index contributed by atoms with van der Waals surface area (Å²) in [5, 5.41) is 9.63. The van der Waals surface area contributed by atoms with Crippen LogP contribution >= 0.6 is 0 Å². The largest absolute Gasteiger partial charge is 0.387 e. The Kier molecular flexibility index (Phi) is 1.04. The van der Waals surface area contributed by atoms with Crippen molar-refractivity contribution in [1.29, 1.82) is 0 Å². The van der Waals surface area contributed by atoms with E-state index >= 15 is 0 Å². The third-order valence-corrected chi connectivity index (χ3v) is 2.44. The van der Waals surface area contributed by atoms with Crippen LogP contribution in [0.5, 0.6) is 0 Å². The van der Waals surface area contributed by atoms with E-state index in [1.54, 1.807) is 0 Å². The lowest BCUT2D eigenvalue weighted by Crippen LogP contribution is -2.34. The zero-order valence-corrected chi connectivity index (χ0v) is 6.29. The van der Waals surface area contributed by atoms with E-state index in [-0.39, 0.29) is 12.2 Å². The molecular formula is C8H12O2. The lowest BCUT2D eigenvalue weighted by molar-refractivity contribution is 0.00300. The van der Waals surface area contributed by atoms with Crippen LogP contribution in [0.3, 0.4) is 0 Å². The van der Waals surface area contributed by atoms with Crippen molar-refractivity contribution in [1.82, 2.24) is 0 Å². The average molecular weight is 140 g/mol. The summed E-state index contributed by atoms with van der Waals surface area (Å²) in [7, 11) is 0. The van der Waals surface area contributed by atoms with Gasteiger partial charge in [0.1, 0.15) is 6.10 Å². The lowest BCUT2D eigenvalue weighted by Gasteiger charge is -2.22. The zero-order chi connectivity index (χ0) is 7.35. The lowest BCUT2D eigenvalue weighted by atomic mass is 9.88. The first-order valence-corrected chi connectivity index (χ1v) is 3.66. The zero-order valence-electron chi connectivity index (χ0n) is 6.29. The van der Waals surface area contributed by atoms with Crippen LogP contribution in [-0.2, 0) is 4.74 Å². The van der Waals surface area contributed by atoms with E-state index in [1.807, 2.05) is 13.0 Å². The normalized spacial score (nSPS) is 51.7. The van der Waals surface area contributed by atoms with Crippen molar-refractivity contribution < 1.29 is 9.84 Å². The number of fused-ring (bicyclic) bond motifs is 2. The first-order valence-electron chi connectivity index (χ1n) is 3.66. The molecule has 56 valence electrons. The Labute approximate surface area is 60.5 Å². The monoisotopic (exact) mass is 140 g/mol. The van der Waals surface area contributed by atoms with E-state index in [0.717, 1.165) is 6.42 Å². The minimum absolute atomic E-state index is 0.0440. The van der Waals surface area contributed by atoms with Crippen molar-refractivity contribution in [2.45, 2.75) is 38.1 Å². The van der Waals surface area contributed by atoms with E-state index in [1.165, 1.54) is 5.57 Å². The van der Waals surface area contributed by atoms with Gasteiger partial charge in [0.15, 0.2) is 0 Å². The van der Waals surface area contributed by atoms with E-state index in [2.05, 4.69) is 6.92 Å². The van der Waals surface area contributed by atoms with Gasteiger partial charge in [-0.3, -0.25) is 0 Å². The van der Waals surface area contributed by atoms with Gasteiger partial charge in [-0.1, -0.05) is 6.08 Å². The maximum absolute atomic E-state index is 9.63. The Morgan fingerprint density at radius 2 is 2.50 bits per heavy atom. The van der Waals surface area contributed by atoms with E-state index in [4.69, 9.17) is 4.74 Å². The second-order valence-corrected chi connectivity index (χ2v) is 3.52. The van der Waals surface area contributed by atoms with Gasteiger partial charge < -0.3 is 9.84 Å². The van der Waals surface area contributed by atoms with Crippen LogP contribution in [0.4, 0.5) is 0 Å².